The number of halogens is 2. The normalized spacial score (nSPS) is 11.4. The summed E-state index contributed by atoms with van der Waals surface area (Å²) in [7, 11) is 1.36. The minimum Gasteiger partial charge on any atom is -0.493 e. The van der Waals surface area contributed by atoms with Crippen LogP contribution in [0.3, 0.4) is 0 Å². The third kappa shape index (κ3) is 3.94. The first-order valence-corrected chi connectivity index (χ1v) is 8.14. The summed E-state index contributed by atoms with van der Waals surface area (Å²) in [6.07, 6.45) is 3.47. The number of non-ortho nitro benzene ring substituents is 1. The number of ether oxygens (including phenoxy) is 2. The van der Waals surface area contributed by atoms with Gasteiger partial charge in [0.1, 0.15) is 5.01 Å². The van der Waals surface area contributed by atoms with Gasteiger partial charge in [-0.1, -0.05) is 12.1 Å². The average Bonchev–Trinajstić information content (AvgIpc) is 3.02. The lowest BCUT2D eigenvalue weighted by Gasteiger charge is -2.10. The van der Waals surface area contributed by atoms with Gasteiger partial charge in [-0.25, -0.2) is 4.98 Å². The van der Waals surface area contributed by atoms with E-state index in [-0.39, 0.29) is 17.2 Å². The highest BCUT2D eigenvalue weighted by molar-refractivity contribution is 7.19. The molecule has 0 aliphatic rings. The minimum atomic E-state index is -2.93. The maximum absolute atomic E-state index is 12.3. The molecule has 0 saturated carbocycles. The smallest absolute Gasteiger partial charge is 0.387 e. The molecule has 0 bridgehead atoms. The zero-order valence-corrected chi connectivity index (χ0v) is 14.2. The Labute approximate surface area is 150 Å². The van der Waals surface area contributed by atoms with Gasteiger partial charge in [0.15, 0.2) is 11.5 Å². The van der Waals surface area contributed by atoms with Gasteiger partial charge < -0.3 is 9.47 Å². The van der Waals surface area contributed by atoms with Gasteiger partial charge in [0, 0.05) is 12.1 Å². The number of fused-ring (bicyclic) bond motifs is 1. The number of methoxy groups -OCH3 is 1. The second kappa shape index (κ2) is 7.44. The van der Waals surface area contributed by atoms with E-state index in [1.54, 1.807) is 30.4 Å². The predicted octanol–water partition coefficient (Wildman–Crippen LogP) is 4.98. The number of hydrogen-bond donors (Lipinski definition) is 0. The van der Waals surface area contributed by atoms with Gasteiger partial charge in [-0.15, -0.1) is 11.3 Å². The number of rotatable bonds is 6. The van der Waals surface area contributed by atoms with Crippen LogP contribution in [0.5, 0.6) is 11.5 Å². The van der Waals surface area contributed by atoms with Crippen LogP contribution in [0.4, 0.5) is 14.5 Å². The number of nitrogens with zero attached hydrogens (tertiary/aromatic N) is 2. The molecule has 6 nitrogen and oxygen atoms in total. The standard InChI is InChI=1S/C17H12F2N2O4S/c1-24-14-8-10(2-6-13(14)25-17(18)19)3-7-16-20-12-5-4-11(21(22)23)9-15(12)26-16/h2-9,17H,1H3/b7-3+. The van der Waals surface area contributed by atoms with Crippen LogP contribution in [-0.4, -0.2) is 23.6 Å². The van der Waals surface area contributed by atoms with Crippen LogP contribution in [0.25, 0.3) is 22.4 Å². The summed E-state index contributed by atoms with van der Waals surface area (Å²) in [5.41, 5.74) is 1.38. The number of thiazole rings is 1. The molecule has 0 aliphatic carbocycles. The van der Waals surface area contributed by atoms with Gasteiger partial charge in [0.25, 0.3) is 5.69 Å². The first kappa shape index (κ1) is 17.7. The summed E-state index contributed by atoms with van der Waals surface area (Å²) in [6, 6.07) is 9.04. The van der Waals surface area contributed by atoms with E-state index >= 15 is 0 Å². The number of nitro groups is 1. The summed E-state index contributed by atoms with van der Waals surface area (Å²) >= 11 is 1.31. The second-order valence-corrected chi connectivity index (χ2v) is 6.15. The average molecular weight is 378 g/mol. The molecule has 0 N–H and O–H groups in total. The number of aromatic nitrogens is 1. The first-order chi connectivity index (χ1) is 12.5. The number of nitro benzene ring substituents is 1. The van der Waals surface area contributed by atoms with E-state index in [9.17, 15) is 18.9 Å². The van der Waals surface area contributed by atoms with Crippen molar-refractivity contribution in [2.75, 3.05) is 7.11 Å². The SMILES string of the molecule is COc1cc(/C=C/c2nc3ccc([N+](=O)[O-])cc3s2)ccc1OC(F)F. The van der Waals surface area contributed by atoms with Crippen LogP contribution < -0.4 is 9.47 Å². The Morgan fingerprint density at radius 3 is 2.69 bits per heavy atom. The lowest BCUT2D eigenvalue weighted by Crippen LogP contribution is -2.03. The van der Waals surface area contributed by atoms with Crippen LogP contribution >= 0.6 is 11.3 Å². The molecule has 9 heteroatoms. The fourth-order valence-corrected chi connectivity index (χ4v) is 3.17. The molecule has 0 unspecified atom stereocenters. The molecule has 0 spiro atoms. The van der Waals surface area contributed by atoms with Gasteiger partial charge >= 0.3 is 6.61 Å². The van der Waals surface area contributed by atoms with Crippen molar-refractivity contribution in [3.8, 4) is 11.5 Å². The van der Waals surface area contributed by atoms with E-state index in [0.717, 1.165) is 0 Å². The maximum atomic E-state index is 12.3. The Morgan fingerprint density at radius 2 is 2.00 bits per heavy atom. The van der Waals surface area contributed by atoms with Gasteiger partial charge in [-0.2, -0.15) is 8.78 Å². The highest BCUT2D eigenvalue weighted by Crippen LogP contribution is 2.31. The second-order valence-electron chi connectivity index (χ2n) is 5.08. The number of benzene rings is 2. The zero-order chi connectivity index (χ0) is 18.7. The Bertz CT molecular complexity index is 988. The number of hydrogen-bond acceptors (Lipinski definition) is 6. The Kier molecular flexibility index (Phi) is 5.08. The highest BCUT2D eigenvalue weighted by Gasteiger charge is 2.11. The third-order valence-electron chi connectivity index (χ3n) is 3.42. The lowest BCUT2D eigenvalue weighted by molar-refractivity contribution is -0.384. The molecular formula is C17H12F2N2O4S. The van der Waals surface area contributed by atoms with Crippen molar-refractivity contribution < 1.29 is 23.2 Å². The van der Waals surface area contributed by atoms with E-state index in [2.05, 4.69) is 9.72 Å². The van der Waals surface area contributed by atoms with Crippen molar-refractivity contribution in [3.63, 3.8) is 0 Å². The molecule has 1 aromatic heterocycles. The summed E-state index contributed by atoms with van der Waals surface area (Å²) in [5, 5.41) is 11.5. The van der Waals surface area contributed by atoms with E-state index in [1.807, 2.05) is 0 Å². The van der Waals surface area contributed by atoms with Gasteiger partial charge in [0.05, 0.1) is 22.2 Å². The fraction of sp³-hybridized carbons (Fsp3) is 0.118. The fourth-order valence-electron chi connectivity index (χ4n) is 2.26. The summed E-state index contributed by atoms with van der Waals surface area (Å²) in [4.78, 5) is 14.8. The van der Waals surface area contributed by atoms with Crippen molar-refractivity contribution in [2.24, 2.45) is 0 Å². The van der Waals surface area contributed by atoms with Crippen molar-refractivity contribution in [1.29, 1.82) is 0 Å². The Balaban J connectivity index is 1.85. The molecular weight excluding hydrogens is 366 g/mol. The summed E-state index contributed by atoms with van der Waals surface area (Å²) in [5.74, 6) is 0.138. The van der Waals surface area contributed by atoms with Crippen LogP contribution in [0.15, 0.2) is 36.4 Å². The molecule has 0 atom stereocenters. The minimum absolute atomic E-state index is 0.0102. The van der Waals surface area contributed by atoms with Crippen molar-refractivity contribution in [3.05, 3.63) is 57.1 Å². The Hall–Kier alpha value is -3.07. The van der Waals surface area contributed by atoms with Gasteiger partial charge in [-0.05, 0) is 29.8 Å². The molecule has 0 aliphatic heterocycles. The van der Waals surface area contributed by atoms with Crippen LogP contribution in [0.1, 0.15) is 10.6 Å². The van der Waals surface area contributed by atoms with Crippen molar-refractivity contribution in [1.82, 2.24) is 4.98 Å². The van der Waals surface area contributed by atoms with Crippen molar-refractivity contribution >= 4 is 39.4 Å². The monoisotopic (exact) mass is 378 g/mol. The van der Waals surface area contributed by atoms with Gasteiger partial charge in [0.2, 0.25) is 0 Å². The van der Waals surface area contributed by atoms with E-state index in [1.165, 1.54) is 36.6 Å². The highest BCUT2D eigenvalue weighted by atomic mass is 32.1. The molecule has 26 heavy (non-hydrogen) atoms. The molecule has 2 aromatic carbocycles. The molecule has 0 fully saturated rings. The van der Waals surface area contributed by atoms with Gasteiger partial charge in [-0.3, -0.25) is 10.1 Å². The third-order valence-corrected chi connectivity index (χ3v) is 4.40. The maximum Gasteiger partial charge on any atom is 0.387 e. The molecule has 134 valence electrons. The predicted molar refractivity (Wildman–Crippen MR) is 94.8 cm³/mol. The quantitative estimate of drug-likeness (QED) is 0.446. The van der Waals surface area contributed by atoms with E-state index in [4.69, 9.17) is 4.74 Å². The topological polar surface area (TPSA) is 74.5 Å². The van der Waals surface area contributed by atoms with Crippen molar-refractivity contribution in [2.45, 2.75) is 6.61 Å². The Morgan fingerprint density at radius 1 is 1.19 bits per heavy atom. The van der Waals surface area contributed by atoms with E-state index < -0.39 is 11.5 Å². The van der Waals surface area contributed by atoms with Crippen LogP contribution in [0, 0.1) is 10.1 Å². The molecule has 3 aromatic rings. The summed E-state index contributed by atoms with van der Waals surface area (Å²) < 4.78 is 34.8. The largest absolute Gasteiger partial charge is 0.493 e. The van der Waals surface area contributed by atoms with E-state index in [0.29, 0.717) is 20.8 Å². The molecule has 0 radical (unpaired) electrons. The number of alkyl halides is 2. The lowest BCUT2D eigenvalue weighted by atomic mass is 10.2. The molecule has 0 amide bonds. The summed E-state index contributed by atoms with van der Waals surface area (Å²) in [6.45, 7) is -2.93. The molecule has 1 heterocycles. The zero-order valence-electron chi connectivity index (χ0n) is 13.4. The molecule has 3 rings (SSSR count). The first-order valence-electron chi connectivity index (χ1n) is 7.32. The van der Waals surface area contributed by atoms with Crippen LogP contribution in [0.2, 0.25) is 0 Å². The van der Waals surface area contributed by atoms with Crippen LogP contribution in [-0.2, 0) is 0 Å². The molecule has 0 saturated heterocycles.